The molecule has 0 saturated heterocycles. The number of anilines is 3. The van der Waals surface area contributed by atoms with Crippen LogP contribution in [0.1, 0.15) is 22.3 Å². The lowest BCUT2D eigenvalue weighted by Gasteiger charge is -2.45. The zero-order valence-corrected chi connectivity index (χ0v) is 45.5. The van der Waals surface area contributed by atoms with E-state index in [1.165, 1.54) is 132 Å². The van der Waals surface area contributed by atoms with Gasteiger partial charge in [-0.1, -0.05) is 176 Å². The second-order valence-corrected chi connectivity index (χ2v) is 22.8. The van der Waals surface area contributed by atoms with Crippen LogP contribution >= 0.6 is 0 Å². The molecule has 5 heteroatoms. The Kier molecular flexibility index (Phi) is 9.20. The number of hydrogen-bond acceptors (Lipinski definition) is 1. The van der Waals surface area contributed by atoms with Crippen molar-refractivity contribution >= 4 is 104 Å². The van der Waals surface area contributed by atoms with Crippen molar-refractivity contribution in [3.8, 4) is 33.9 Å². The fourth-order valence-corrected chi connectivity index (χ4v) is 15.4. The molecule has 0 atom stereocenters. The van der Waals surface area contributed by atoms with Gasteiger partial charge in [-0.15, -0.1) is 0 Å². The summed E-state index contributed by atoms with van der Waals surface area (Å²) in [7, 11) is 0. The van der Waals surface area contributed by atoms with Crippen molar-refractivity contribution in [2.24, 2.45) is 0 Å². The summed E-state index contributed by atoms with van der Waals surface area (Å²) in [6, 6.07) is 111. The van der Waals surface area contributed by atoms with Crippen molar-refractivity contribution in [1.82, 2.24) is 18.3 Å². The molecule has 13 aromatic carbocycles. The van der Waals surface area contributed by atoms with E-state index < -0.39 is 5.41 Å². The molecule has 0 saturated carbocycles. The van der Waals surface area contributed by atoms with E-state index in [4.69, 9.17) is 0 Å². The molecule has 0 fully saturated rings. The summed E-state index contributed by atoms with van der Waals surface area (Å²) in [4.78, 5) is 2.48. The molecule has 2 aliphatic rings. The van der Waals surface area contributed by atoms with E-state index in [0.29, 0.717) is 0 Å². The summed E-state index contributed by atoms with van der Waals surface area (Å²) in [5.41, 5.74) is 24.3. The van der Waals surface area contributed by atoms with Gasteiger partial charge in [-0.2, -0.15) is 0 Å². The molecule has 390 valence electrons. The zero-order valence-electron chi connectivity index (χ0n) is 45.5. The molecule has 17 aromatic rings. The second kappa shape index (κ2) is 17.0. The minimum absolute atomic E-state index is 0.722. The van der Waals surface area contributed by atoms with Crippen LogP contribution in [-0.2, 0) is 5.41 Å². The van der Waals surface area contributed by atoms with E-state index in [-0.39, 0.29) is 0 Å². The van der Waals surface area contributed by atoms with Gasteiger partial charge in [-0.3, -0.25) is 0 Å². The Morgan fingerprint density at radius 1 is 0.190 bits per heavy atom. The Bertz CT molecular complexity index is 5210. The van der Waals surface area contributed by atoms with Crippen molar-refractivity contribution in [3.63, 3.8) is 0 Å². The molecule has 0 bridgehead atoms. The SMILES string of the molecule is c1ccc(N2c3ccccc3C3(c4cc(-n5c6ccccc6c6cc(-n7c8ccccc8c8ccccc87)ccc65)ccc4-c4ccc(-n5c6ccccc6c6cc(-n7c8ccccc8c8ccccc87)ccc65)cc43)c3ccccc32)cc1. The van der Waals surface area contributed by atoms with Crippen LogP contribution < -0.4 is 4.90 Å². The maximum atomic E-state index is 2.53. The molecule has 5 nitrogen and oxygen atoms in total. The molecule has 84 heavy (non-hydrogen) atoms. The lowest BCUT2D eigenvalue weighted by molar-refractivity contribution is 0.751. The maximum absolute atomic E-state index is 2.53. The molecule has 0 amide bonds. The number of hydrogen-bond donors (Lipinski definition) is 0. The first kappa shape index (κ1) is 45.6. The highest BCUT2D eigenvalue weighted by atomic mass is 15.2. The summed E-state index contributed by atoms with van der Waals surface area (Å²) in [6.07, 6.45) is 0. The number of benzene rings is 13. The third kappa shape index (κ3) is 5.96. The van der Waals surface area contributed by atoms with E-state index in [9.17, 15) is 0 Å². The van der Waals surface area contributed by atoms with Gasteiger partial charge in [-0.05, 0) is 155 Å². The van der Waals surface area contributed by atoms with E-state index in [1.54, 1.807) is 0 Å². The monoisotopic (exact) mass is 1070 g/mol. The molecule has 19 rings (SSSR count). The topological polar surface area (TPSA) is 23.0 Å². The average molecular weight is 1070 g/mol. The largest absolute Gasteiger partial charge is 0.310 e. The van der Waals surface area contributed by atoms with Gasteiger partial charge >= 0.3 is 0 Å². The molecular formula is C79H49N5. The van der Waals surface area contributed by atoms with Crippen LogP contribution in [0.15, 0.2) is 297 Å². The van der Waals surface area contributed by atoms with Crippen molar-refractivity contribution in [2.45, 2.75) is 5.41 Å². The van der Waals surface area contributed by atoms with Crippen molar-refractivity contribution in [1.29, 1.82) is 0 Å². The summed E-state index contributed by atoms with van der Waals surface area (Å²) in [5, 5.41) is 9.91. The number of fused-ring (bicyclic) bond motifs is 21. The van der Waals surface area contributed by atoms with Crippen LogP contribution in [0.3, 0.4) is 0 Å². The fourth-order valence-electron chi connectivity index (χ4n) is 15.4. The summed E-state index contributed by atoms with van der Waals surface area (Å²) < 4.78 is 9.87. The third-order valence-electron chi connectivity index (χ3n) is 18.7. The predicted molar refractivity (Wildman–Crippen MR) is 349 cm³/mol. The number of nitrogens with zero attached hydrogens (tertiary/aromatic N) is 5. The van der Waals surface area contributed by atoms with Gasteiger partial charge in [0.1, 0.15) is 0 Å². The third-order valence-corrected chi connectivity index (χ3v) is 18.7. The van der Waals surface area contributed by atoms with Crippen LogP contribution in [0.4, 0.5) is 17.1 Å². The van der Waals surface area contributed by atoms with Gasteiger partial charge in [0.2, 0.25) is 0 Å². The highest BCUT2D eigenvalue weighted by molar-refractivity contribution is 6.14. The Balaban J connectivity index is 0.855. The quantitative estimate of drug-likeness (QED) is 0.168. The highest BCUT2D eigenvalue weighted by Crippen LogP contribution is 2.64. The number of para-hydroxylation sites is 9. The van der Waals surface area contributed by atoms with E-state index in [1.807, 2.05) is 0 Å². The van der Waals surface area contributed by atoms with Gasteiger partial charge in [0.05, 0.1) is 60.9 Å². The van der Waals surface area contributed by atoms with E-state index >= 15 is 0 Å². The second-order valence-electron chi connectivity index (χ2n) is 22.8. The molecule has 1 aliphatic heterocycles. The van der Waals surface area contributed by atoms with Gasteiger partial charge in [-0.25, -0.2) is 0 Å². The molecule has 4 aromatic heterocycles. The van der Waals surface area contributed by atoms with E-state index in [2.05, 4.69) is 320 Å². The lowest BCUT2D eigenvalue weighted by atomic mass is 9.64. The van der Waals surface area contributed by atoms with Gasteiger partial charge in [0.15, 0.2) is 0 Å². The highest BCUT2D eigenvalue weighted by Gasteiger charge is 2.52. The van der Waals surface area contributed by atoms with Crippen LogP contribution in [0.25, 0.3) is 121 Å². The first-order chi connectivity index (χ1) is 41.7. The van der Waals surface area contributed by atoms with Gasteiger partial charge in [0.25, 0.3) is 0 Å². The Morgan fingerprint density at radius 3 is 0.857 bits per heavy atom. The van der Waals surface area contributed by atoms with Crippen molar-refractivity contribution in [3.05, 3.63) is 320 Å². The van der Waals surface area contributed by atoms with Crippen molar-refractivity contribution < 1.29 is 0 Å². The standard InChI is InChI=1S/C79H49N5/c1-2-20-50(21-3-1)80-77-36-18-10-28-65(77)79(66-29-11-19-37-78(66)80)67-48-53(83-73-34-16-8-26-61(73)63-46-51(40-44-75(63)83)81-69-30-12-4-22-57(69)58-23-5-13-31-70(58)81)38-42-55(67)56-43-39-54(49-68(56)79)84-74-35-17-9-27-62(74)64-47-52(41-45-76(64)84)82-71-32-14-6-24-59(71)60-25-7-15-33-72(60)82/h1-49H. The minimum atomic E-state index is -0.722. The van der Waals surface area contributed by atoms with Gasteiger partial charge in [0, 0.05) is 71.5 Å². The first-order valence-corrected chi connectivity index (χ1v) is 29.1. The molecule has 0 unspecified atom stereocenters. The van der Waals surface area contributed by atoms with Crippen LogP contribution in [0.2, 0.25) is 0 Å². The van der Waals surface area contributed by atoms with Crippen LogP contribution in [0.5, 0.6) is 0 Å². The molecular weight excluding hydrogens is 1020 g/mol. The molecule has 5 heterocycles. The zero-order chi connectivity index (χ0) is 54.8. The van der Waals surface area contributed by atoms with Gasteiger partial charge < -0.3 is 23.2 Å². The lowest BCUT2D eigenvalue weighted by Crippen LogP contribution is -2.36. The minimum Gasteiger partial charge on any atom is -0.310 e. The molecule has 1 aliphatic carbocycles. The number of aromatic nitrogens is 4. The Labute approximate surface area is 483 Å². The average Bonchev–Trinajstić information content (AvgIpc) is 1.68. The predicted octanol–water partition coefficient (Wildman–Crippen LogP) is 20.2. The molecule has 1 spiro atoms. The van der Waals surface area contributed by atoms with E-state index in [0.717, 1.165) is 28.4 Å². The Hall–Kier alpha value is -11.1. The van der Waals surface area contributed by atoms with Crippen LogP contribution in [0, 0.1) is 0 Å². The summed E-state index contributed by atoms with van der Waals surface area (Å²) in [6.45, 7) is 0. The fraction of sp³-hybridized carbons (Fsp3) is 0.0127. The maximum Gasteiger partial charge on any atom is 0.0755 e. The molecule has 0 N–H and O–H groups in total. The molecule has 0 radical (unpaired) electrons. The Morgan fingerprint density at radius 2 is 0.476 bits per heavy atom. The summed E-state index contributed by atoms with van der Waals surface area (Å²) >= 11 is 0. The summed E-state index contributed by atoms with van der Waals surface area (Å²) in [5.74, 6) is 0. The van der Waals surface area contributed by atoms with Crippen LogP contribution in [-0.4, -0.2) is 18.3 Å². The number of rotatable bonds is 5. The smallest absolute Gasteiger partial charge is 0.0755 e. The normalized spacial score (nSPS) is 13.3. The first-order valence-electron chi connectivity index (χ1n) is 29.1. The van der Waals surface area contributed by atoms with Crippen molar-refractivity contribution in [2.75, 3.05) is 4.90 Å².